The summed E-state index contributed by atoms with van der Waals surface area (Å²) in [5, 5.41) is 6.52. The minimum atomic E-state index is -0.464. The lowest BCUT2D eigenvalue weighted by atomic mass is 9.72. The first-order valence-electron chi connectivity index (χ1n) is 10.3. The molecule has 7 heteroatoms. The number of carbonyl (C=O) groups excluding carboxylic acids is 2. The van der Waals surface area contributed by atoms with Crippen LogP contribution in [0.15, 0.2) is 24.3 Å². The average Bonchev–Trinajstić information content (AvgIpc) is 3.04. The fourth-order valence-corrected chi connectivity index (χ4v) is 5.47. The first kappa shape index (κ1) is 22.4. The van der Waals surface area contributed by atoms with Crippen LogP contribution >= 0.6 is 23.6 Å². The van der Waals surface area contributed by atoms with Crippen molar-refractivity contribution in [2.45, 2.75) is 53.4 Å². The fraction of sp³-hybridized carbons (Fsp3) is 0.435. The molecule has 5 nitrogen and oxygen atoms in total. The average molecular weight is 444 g/mol. The highest BCUT2D eigenvalue weighted by Crippen LogP contribution is 2.44. The first-order chi connectivity index (χ1) is 14.1. The number of hydrogen-bond acceptors (Lipinski definition) is 4. The van der Waals surface area contributed by atoms with E-state index in [-0.39, 0.29) is 16.4 Å². The van der Waals surface area contributed by atoms with E-state index in [2.05, 4.69) is 38.3 Å². The molecule has 0 spiro atoms. The van der Waals surface area contributed by atoms with Gasteiger partial charge >= 0.3 is 0 Å². The quantitative estimate of drug-likeness (QED) is 0.599. The summed E-state index contributed by atoms with van der Waals surface area (Å²) in [5.41, 5.74) is 9.13. The van der Waals surface area contributed by atoms with Crippen molar-refractivity contribution in [1.29, 1.82) is 0 Å². The molecule has 3 rings (SSSR count). The van der Waals surface area contributed by atoms with Crippen molar-refractivity contribution in [1.82, 2.24) is 5.32 Å². The van der Waals surface area contributed by atoms with E-state index in [9.17, 15) is 9.59 Å². The summed E-state index contributed by atoms with van der Waals surface area (Å²) in [6, 6.07) is 7.41. The Morgan fingerprint density at radius 2 is 1.90 bits per heavy atom. The molecule has 1 aromatic heterocycles. The molecule has 0 bridgehead atoms. The maximum atomic E-state index is 12.5. The van der Waals surface area contributed by atoms with Crippen LogP contribution in [0.2, 0.25) is 0 Å². The summed E-state index contributed by atoms with van der Waals surface area (Å²) in [6.45, 7) is 8.82. The zero-order chi connectivity index (χ0) is 22.1. The minimum Gasteiger partial charge on any atom is -0.365 e. The van der Waals surface area contributed by atoms with E-state index in [1.54, 1.807) is 12.1 Å². The van der Waals surface area contributed by atoms with Gasteiger partial charge in [0.05, 0.1) is 5.56 Å². The number of thiophene rings is 1. The molecule has 0 saturated carbocycles. The van der Waals surface area contributed by atoms with E-state index in [0.29, 0.717) is 22.0 Å². The number of fused-ring (bicyclic) bond motifs is 1. The third-order valence-electron chi connectivity index (χ3n) is 5.81. The zero-order valence-corrected chi connectivity index (χ0v) is 19.6. The number of carbonyl (C=O) groups is 2. The van der Waals surface area contributed by atoms with Crippen LogP contribution in [0.5, 0.6) is 0 Å². The van der Waals surface area contributed by atoms with E-state index >= 15 is 0 Å². The van der Waals surface area contributed by atoms with Crippen molar-refractivity contribution >= 4 is 45.5 Å². The Balaban J connectivity index is 1.75. The van der Waals surface area contributed by atoms with Crippen LogP contribution < -0.4 is 16.4 Å². The van der Waals surface area contributed by atoms with Crippen LogP contribution in [-0.4, -0.2) is 16.9 Å². The number of rotatable bonds is 4. The van der Waals surface area contributed by atoms with E-state index in [4.69, 9.17) is 18.0 Å². The van der Waals surface area contributed by atoms with Crippen LogP contribution in [0.4, 0.5) is 5.00 Å². The molecule has 0 unspecified atom stereocenters. The van der Waals surface area contributed by atoms with Crippen LogP contribution in [0.3, 0.4) is 0 Å². The molecule has 0 radical (unpaired) electrons. The highest BCUT2D eigenvalue weighted by molar-refractivity contribution is 7.80. The standard InChI is InChI=1S/C23H29N3O2S2/c1-5-13-6-8-14(9-7-13)20(28)25-22(29)26-21-18(19(24)27)16-11-10-15(23(2,3)4)12-17(16)30-21/h6-9,15H,5,10-12H2,1-4H3,(H2,24,27)(H2,25,26,28,29)/t15-/m1/s1. The Kier molecular flexibility index (Phi) is 6.62. The Bertz CT molecular complexity index is 972. The third-order valence-corrected chi connectivity index (χ3v) is 7.19. The molecule has 2 amide bonds. The summed E-state index contributed by atoms with van der Waals surface area (Å²) in [7, 11) is 0. The van der Waals surface area contributed by atoms with Gasteiger partial charge in [0.15, 0.2) is 5.11 Å². The van der Waals surface area contributed by atoms with Gasteiger partial charge in [-0.1, -0.05) is 39.8 Å². The lowest BCUT2D eigenvalue weighted by Crippen LogP contribution is -2.34. The monoisotopic (exact) mass is 443 g/mol. The van der Waals surface area contributed by atoms with Gasteiger partial charge in [0.1, 0.15) is 5.00 Å². The number of anilines is 1. The first-order valence-corrected chi connectivity index (χ1v) is 11.5. The van der Waals surface area contributed by atoms with Gasteiger partial charge in [0.25, 0.3) is 11.8 Å². The molecule has 0 aliphatic heterocycles. The number of hydrogen-bond donors (Lipinski definition) is 3. The summed E-state index contributed by atoms with van der Waals surface area (Å²) >= 11 is 6.86. The molecule has 1 aromatic carbocycles. The number of thiocarbonyl (C=S) groups is 1. The number of benzene rings is 1. The highest BCUT2D eigenvalue weighted by Gasteiger charge is 2.33. The fourth-order valence-electron chi connectivity index (χ4n) is 3.88. The number of nitrogens with two attached hydrogens (primary N) is 1. The molecule has 160 valence electrons. The van der Waals surface area contributed by atoms with E-state index in [1.165, 1.54) is 16.2 Å². The van der Waals surface area contributed by atoms with Crippen molar-refractivity contribution in [3.8, 4) is 0 Å². The highest BCUT2D eigenvalue weighted by atomic mass is 32.1. The van der Waals surface area contributed by atoms with Gasteiger partial charge in [-0.3, -0.25) is 14.9 Å². The second-order valence-electron chi connectivity index (χ2n) is 8.84. The summed E-state index contributed by atoms with van der Waals surface area (Å²) < 4.78 is 0. The van der Waals surface area contributed by atoms with E-state index in [0.717, 1.165) is 36.8 Å². The van der Waals surface area contributed by atoms with E-state index in [1.807, 2.05) is 12.1 Å². The third kappa shape index (κ3) is 4.90. The summed E-state index contributed by atoms with van der Waals surface area (Å²) in [6.07, 6.45) is 3.70. The number of nitrogens with one attached hydrogen (secondary N) is 2. The molecule has 30 heavy (non-hydrogen) atoms. The smallest absolute Gasteiger partial charge is 0.257 e. The van der Waals surface area contributed by atoms with Gasteiger partial charge < -0.3 is 11.1 Å². The molecule has 1 aliphatic carbocycles. The normalized spacial score (nSPS) is 15.9. The number of primary amides is 1. The van der Waals surface area contributed by atoms with Gasteiger partial charge in [0, 0.05) is 10.4 Å². The SMILES string of the molecule is CCc1ccc(C(=O)NC(=S)Nc2sc3c(c2C(N)=O)CC[C@@H](C(C)(C)C)C3)cc1. The second-order valence-corrected chi connectivity index (χ2v) is 10.4. The summed E-state index contributed by atoms with van der Waals surface area (Å²) in [4.78, 5) is 25.8. The second kappa shape index (κ2) is 8.86. The van der Waals surface area contributed by atoms with Gasteiger partial charge in [-0.05, 0) is 72.5 Å². The molecule has 0 fully saturated rings. The van der Waals surface area contributed by atoms with Gasteiger partial charge in [-0.25, -0.2) is 0 Å². The molecule has 4 N–H and O–H groups in total. The zero-order valence-electron chi connectivity index (χ0n) is 17.9. The molecular weight excluding hydrogens is 414 g/mol. The predicted octanol–water partition coefficient (Wildman–Crippen LogP) is 4.69. The molecule has 1 aliphatic rings. The van der Waals surface area contributed by atoms with Gasteiger partial charge in [-0.15, -0.1) is 11.3 Å². The van der Waals surface area contributed by atoms with Crippen molar-refractivity contribution in [3.63, 3.8) is 0 Å². The topological polar surface area (TPSA) is 84.2 Å². The lowest BCUT2D eigenvalue weighted by Gasteiger charge is -2.33. The molecular formula is C23H29N3O2S2. The largest absolute Gasteiger partial charge is 0.365 e. The molecule has 2 aromatic rings. The van der Waals surface area contributed by atoms with Crippen LogP contribution in [0, 0.1) is 11.3 Å². The minimum absolute atomic E-state index is 0.160. The maximum Gasteiger partial charge on any atom is 0.257 e. The van der Waals surface area contributed by atoms with Crippen LogP contribution in [-0.2, 0) is 19.3 Å². The molecule has 1 atom stereocenters. The van der Waals surface area contributed by atoms with Crippen molar-refractivity contribution in [2.24, 2.45) is 17.1 Å². The predicted molar refractivity (Wildman–Crippen MR) is 127 cm³/mol. The molecule has 1 heterocycles. The Hall–Kier alpha value is -2.25. The van der Waals surface area contributed by atoms with Crippen molar-refractivity contribution < 1.29 is 9.59 Å². The number of aryl methyl sites for hydroxylation is 1. The Morgan fingerprint density at radius 1 is 1.23 bits per heavy atom. The van der Waals surface area contributed by atoms with E-state index < -0.39 is 5.91 Å². The Morgan fingerprint density at radius 3 is 2.47 bits per heavy atom. The number of amides is 2. The van der Waals surface area contributed by atoms with Crippen molar-refractivity contribution in [2.75, 3.05) is 5.32 Å². The maximum absolute atomic E-state index is 12.5. The Labute approximate surface area is 187 Å². The van der Waals surface area contributed by atoms with Gasteiger partial charge in [0.2, 0.25) is 0 Å². The van der Waals surface area contributed by atoms with Gasteiger partial charge in [-0.2, -0.15) is 0 Å². The van der Waals surface area contributed by atoms with Crippen LogP contribution in [0.25, 0.3) is 0 Å². The lowest BCUT2D eigenvalue weighted by molar-refractivity contribution is 0.0975. The van der Waals surface area contributed by atoms with Crippen LogP contribution in [0.1, 0.15) is 70.8 Å². The molecule has 0 saturated heterocycles. The summed E-state index contributed by atoms with van der Waals surface area (Å²) in [5.74, 6) is -0.201. The van der Waals surface area contributed by atoms with Crippen molar-refractivity contribution in [3.05, 3.63) is 51.4 Å².